The highest BCUT2D eigenvalue weighted by Crippen LogP contribution is 2.38. The SMILES string of the molecule is CC(C)C1(C(=O)O)CCN(C(=O)c2cccc(C3CCOC3)c2)C1. The fraction of sp³-hybridized carbons (Fsp3) is 0.579. The van der Waals surface area contributed by atoms with Crippen molar-refractivity contribution in [2.75, 3.05) is 26.3 Å². The van der Waals surface area contributed by atoms with Crippen LogP contribution in [0.1, 0.15) is 48.5 Å². The Hall–Kier alpha value is -1.88. The number of hydrogen-bond donors (Lipinski definition) is 1. The molecule has 1 N–H and O–H groups in total. The number of likely N-dealkylation sites (tertiary alicyclic amines) is 1. The highest BCUT2D eigenvalue weighted by molar-refractivity contribution is 5.95. The van der Waals surface area contributed by atoms with E-state index in [1.807, 2.05) is 38.1 Å². The molecule has 2 heterocycles. The lowest BCUT2D eigenvalue weighted by Crippen LogP contribution is -2.40. The molecule has 2 aliphatic rings. The summed E-state index contributed by atoms with van der Waals surface area (Å²) in [5, 5.41) is 9.64. The lowest BCUT2D eigenvalue weighted by atomic mass is 9.76. The van der Waals surface area contributed by atoms with Crippen LogP contribution in [0.15, 0.2) is 24.3 Å². The zero-order valence-corrected chi connectivity index (χ0v) is 14.3. The van der Waals surface area contributed by atoms with Crippen molar-refractivity contribution in [2.45, 2.75) is 32.6 Å². The molecule has 0 aromatic heterocycles. The second kappa shape index (κ2) is 6.55. The van der Waals surface area contributed by atoms with Gasteiger partial charge >= 0.3 is 5.97 Å². The van der Waals surface area contributed by atoms with Gasteiger partial charge in [0.15, 0.2) is 0 Å². The maximum atomic E-state index is 12.8. The van der Waals surface area contributed by atoms with Gasteiger partial charge in [-0.15, -0.1) is 0 Å². The van der Waals surface area contributed by atoms with E-state index in [0.717, 1.165) is 18.6 Å². The zero-order valence-electron chi connectivity index (χ0n) is 14.3. The van der Waals surface area contributed by atoms with Gasteiger partial charge in [0.25, 0.3) is 5.91 Å². The molecule has 5 heteroatoms. The fourth-order valence-electron chi connectivity index (χ4n) is 3.80. The average Bonchev–Trinajstić information content (AvgIpc) is 3.24. The van der Waals surface area contributed by atoms with E-state index in [9.17, 15) is 14.7 Å². The van der Waals surface area contributed by atoms with Crippen molar-refractivity contribution in [3.05, 3.63) is 35.4 Å². The fourth-order valence-corrected chi connectivity index (χ4v) is 3.80. The molecule has 2 atom stereocenters. The van der Waals surface area contributed by atoms with E-state index in [0.29, 0.717) is 31.1 Å². The second-order valence-electron chi connectivity index (χ2n) is 7.28. The van der Waals surface area contributed by atoms with Crippen molar-refractivity contribution in [2.24, 2.45) is 11.3 Å². The van der Waals surface area contributed by atoms with Crippen molar-refractivity contribution in [1.82, 2.24) is 4.90 Å². The summed E-state index contributed by atoms with van der Waals surface area (Å²) >= 11 is 0. The highest BCUT2D eigenvalue weighted by atomic mass is 16.5. The van der Waals surface area contributed by atoms with Crippen molar-refractivity contribution >= 4 is 11.9 Å². The Morgan fingerprint density at radius 1 is 1.38 bits per heavy atom. The highest BCUT2D eigenvalue weighted by Gasteiger charge is 2.48. The third-order valence-corrected chi connectivity index (χ3v) is 5.65. The quantitative estimate of drug-likeness (QED) is 0.921. The molecule has 1 aromatic carbocycles. The normalized spacial score (nSPS) is 27.0. The number of carboxylic acids is 1. The predicted molar refractivity (Wildman–Crippen MR) is 90.0 cm³/mol. The molecule has 24 heavy (non-hydrogen) atoms. The molecule has 130 valence electrons. The van der Waals surface area contributed by atoms with E-state index in [4.69, 9.17) is 4.74 Å². The molecular formula is C19H25NO4. The van der Waals surface area contributed by atoms with E-state index in [1.165, 1.54) is 0 Å². The minimum Gasteiger partial charge on any atom is -0.481 e. The number of aliphatic carboxylic acids is 1. The van der Waals surface area contributed by atoms with E-state index in [2.05, 4.69) is 0 Å². The first kappa shape index (κ1) is 17.0. The van der Waals surface area contributed by atoms with Gasteiger partial charge in [0.05, 0.1) is 12.0 Å². The molecule has 5 nitrogen and oxygen atoms in total. The van der Waals surface area contributed by atoms with Crippen LogP contribution in [0.3, 0.4) is 0 Å². The molecule has 0 saturated carbocycles. The third-order valence-electron chi connectivity index (χ3n) is 5.65. The van der Waals surface area contributed by atoms with Gasteiger partial charge in [0.2, 0.25) is 0 Å². The number of carbonyl (C=O) groups excluding carboxylic acids is 1. The van der Waals surface area contributed by atoms with Crippen LogP contribution in [0.2, 0.25) is 0 Å². The molecule has 0 spiro atoms. The molecule has 0 aliphatic carbocycles. The molecule has 0 bridgehead atoms. The van der Waals surface area contributed by atoms with Crippen LogP contribution in [0.4, 0.5) is 0 Å². The van der Waals surface area contributed by atoms with Gasteiger partial charge < -0.3 is 14.7 Å². The Balaban J connectivity index is 1.78. The summed E-state index contributed by atoms with van der Waals surface area (Å²) in [5.41, 5.74) is 0.947. The van der Waals surface area contributed by atoms with Crippen LogP contribution in [-0.2, 0) is 9.53 Å². The van der Waals surface area contributed by atoms with Crippen LogP contribution in [-0.4, -0.2) is 48.2 Å². The summed E-state index contributed by atoms with van der Waals surface area (Å²) in [7, 11) is 0. The molecule has 3 rings (SSSR count). The minimum atomic E-state index is -0.827. The minimum absolute atomic E-state index is 0.00484. The molecule has 2 saturated heterocycles. The first-order chi connectivity index (χ1) is 11.4. The van der Waals surface area contributed by atoms with Crippen LogP contribution < -0.4 is 0 Å². The summed E-state index contributed by atoms with van der Waals surface area (Å²) in [6.45, 7) is 6.10. The molecule has 2 fully saturated rings. The molecule has 2 unspecified atom stereocenters. The third kappa shape index (κ3) is 2.93. The lowest BCUT2D eigenvalue weighted by Gasteiger charge is -2.28. The first-order valence-corrected chi connectivity index (χ1v) is 8.64. The van der Waals surface area contributed by atoms with Gasteiger partial charge in [-0.3, -0.25) is 9.59 Å². The molecule has 1 aromatic rings. The Labute approximate surface area is 142 Å². The molecule has 0 radical (unpaired) electrons. The van der Waals surface area contributed by atoms with E-state index >= 15 is 0 Å². The number of carbonyl (C=O) groups is 2. The Morgan fingerprint density at radius 2 is 2.17 bits per heavy atom. The topological polar surface area (TPSA) is 66.8 Å². The van der Waals surface area contributed by atoms with Gasteiger partial charge in [-0.25, -0.2) is 0 Å². The van der Waals surface area contributed by atoms with E-state index in [-0.39, 0.29) is 18.4 Å². The van der Waals surface area contributed by atoms with Crippen LogP contribution >= 0.6 is 0 Å². The Morgan fingerprint density at radius 3 is 2.75 bits per heavy atom. The lowest BCUT2D eigenvalue weighted by molar-refractivity contribution is -0.150. The number of ether oxygens (including phenoxy) is 1. The monoisotopic (exact) mass is 331 g/mol. The summed E-state index contributed by atoms with van der Waals surface area (Å²) in [4.78, 5) is 26.3. The standard InChI is InChI=1S/C19H25NO4/c1-13(2)19(18(22)23)7-8-20(12-19)17(21)15-5-3-4-14(10-15)16-6-9-24-11-16/h3-5,10,13,16H,6-9,11-12H2,1-2H3,(H,22,23). The van der Waals surface area contributed by atoms with Crippen molar-refractivity contribution in [3.8, 4) is 0 Å². The van der Waals surface area contributed by atoms with Gasteiger partial charge in [-0.1, -0.05) is 26.0 Å². The second-order valence-corrected chi connectivity index (χ2v) is 7.28. The van der Waals surface area contributed by atoms with Gasteiger partial charge in [-0.2, -0.15) is 0 Å². The summed E-state index contributed by atoms with van der Waals surface area (Å²) in [5.74, 6) is -0.524. The molecule has 1 amide bonds. The van der Waals surface area contributed by atoms with Crippen LogP contribution in [0.5, 0.6) is 0 Å². The van der Waals surface area contributed by atoms with Gasteiger partial charge in [-0.05, 0) is 36.5 Å². The van der Waals surface area contributed by atoms with Crippen molar-refractivity contribution in [1.29, 1.82) is 0 Å². The number of nitrogens with zero attached hydrogens (tertiary/aromatic N) is 1. The summed E-state index contributed by atoms with van der Waals surface area (Å²) in [6, 6.07) is 7.70. The predicted octanol–water partition coefficient (Wildman–Crippen LogP) is 2.76. The van der Waals surface area contributed by atoms with Gasteiger partial charge in [0, 0.05) is 31.2 Å². The Kier molecular flexibility index (Phi) is 4.63. The van der Waals surface area contributed by atoms with Crippen LogP contribution in [0.25, 0.3) is 0 Å². The number of carboxylic acid groups (broad SMARTS) is 1. The van der Waals surface area contributed by atoms with E-state index < -0.39 is 11.4 Å². The maximum Gasteiger partial charge on any atom is 0.311 e. The van der Waals surface area contributed by atoms with Crippen molar-refractivity contribution in [3.63, 3.8) is 0 Å². The van der Waals surface area contributed by atoms with Gasteiger partial charge in [0.1, 0.15) is 0 Å². The first-order valence-electron chi connectivity index (χ1n) is 8.64. The maximum absolute atomic E-state index is 12.8. The largest absolute Gasteiger partial charge is 0.481 e. The molecular weight excluding hydrogens is 306 g/mol. The number of amides is 1. The summed E-state index contributed by atoms with van der Waals surface area (Å²) in [6.07, 6.45) is 1.50. The smallest absolute Gasteiger partial charge is 0.311 e. The summed E-state index contributed by atoms with van der Waals surface area (Å²) < 4.78 is 5.43. The number of hydrogen-bond acceptors (Lipinski definition) is 3. The number of rotatable bonds is 4. The molecule has 2 aliphatic heterocycles. The van der Waals surface area contributed by atoms with Crippen LogP contribution in [0, 0.1) is 11.3 Å². The Bertz CT molecular complexity index is 636. The average molecular weight is 331 g/mol. The zero-order chi connectivity index (χ0) is 17.3. The number of benzene rings is 1. The van der Waals surface area contributed by atoms with E-state index in [1.54, 1.807) is 4.90 Å². The van der Waals surface area contributed by atoms with Crippen molar-refractivity contribution < 1.29 is 19.4 Å².